The van der Waals surface area contributed by atoms with Gasteiger partial charge in [-0.25, -0.2) is 0 Å². The van der Waals surface area contributed by atoms with Gasteiger partial charge in [0.15, 0.2) is 11.5 Å². The molecule has 0 unspecified atom stereocenters. The molecule has 22 heavy (non-hydrogen) atoms. The van der Waals surface area contributed by atoms with E-state index in [4.69, 9.17) is 15.2 Å². The second-order valence-corrected chi connectivity index (χ2v) is 5.49. The maximum absolute atomic E-state index is 5.80. The Balaban J connectivity index is 2.48. The quantitative estimate of drug-likeness (QED) is 0.536. The van der Waals surface area contributed by atoms with Gasteiger partial charge in [0.2, 0.25) is 0 Å². The lowest BCUT2D eigenvalue weighted by atomic mass is 10.2. The smallest absolute Gasteiger partial charge is 0.163 e. The first-order chi connectivity index (χ1) is 10.8. The largest absolute Gasteiger partial charge is 0.490 e. The van der Waals surface area contributed by atoms with Gasteiger partial charge in [-0.05, 0) is 44.4 Å². The number of nitrogens with one attached hydrogen (secondary N) is 1. The Morgan fingerprint density at radius 1 is 0.909 bits per heavy atom. The minimum Gasteiger partial charge on any atom is -0.490 e. The van der Waals surface area contributed by atoms with Crippen molar-refractivity contribution in [2.24, 2.45) is 5.73 Å². The zero-order valence-corrected chi connectivity index (χ0v) is 14.2. The van der Waals surface area contributed by atoms with E-state index in [0.717, 1.165) is 56.1 Å². The van der Waals surface area contributed by atoms with Gasteiger partial charge >= 0.3 is 0 Å². The average Bonchev–Trinajstić information content (AvgIpc) is 2.55. The fourth-order valence-corrected chi connectivity index (χ4v) is 2.13. The lowest BCUT2D eigenvalue weighted by Crippen LogP contribution is -2.05. The van der Waals surface area contributed by atoms with Crippen molar-refractivity contribution in [2.45, 2.75) is 52.4 Å². The molecule has 0 atom stereocenters. The topological polar surface area (TPSA) is 56.5 Å². The van der Waals surface area contributed by atoms with Gasteiger partial charge in [-0.3, -0.25) is 0 Å². The van der Waals surface area contributed by atoms with Gasteiger partial charge in [0.05, 0.1) is 13.2 Å². The average molecular weight is 308 g/mol. The summed E-state index contributed by atoms with van der Waals surface area (Å²) in [6, 6.07) is 6.10. The summed E-state index contributed by atoms with van der Waals surface area (Å²) in [5, 5.41) is 3.45. The molecule has 0 radical (unpaired) electrons. The molecule has 0 bridgehead atoms. The minimum absolute atomic E-state index is 0.713. The molecule has 0 spiro atoms. The summed E-state index contributed by atoms with van der Waals surface area (Å²) >= 11 is 0. The van der Waals surface area contributed by atoms with Crippen LogP contribution in [0.15, 0.2) is 18.2 Å². The monoisotopic (exact) mass is 308 g/mol. The molecule has 4 nitrogen and oxygen atoms in total. The second kappa shape index (κ2) is 12.2. The van der Waals surface area contributed by atoms with E-state index in [1.54, 1.807) is 0 Å². The Bertz CT molecular complexity index is 397. The van der Waals surface area contributed by atoms with Gasteiger partial charge in [-0.2, -0.15) is 0 Å². The Kier molecular flexibility index (Phi) is 10.3. The highest BCUT2D eigenvalue weighted by Crippen LogP contribution is 2.31. The van der Waals surface area contributed by atoms with Crippen molar-refractivity contribution in [3.05, 3.63) is 18.2 Å². The third kappa shape index (κ3) is 7.55. The van der Waals surface area contributed by atoms with Crippen LogP contribution in [0.4, 0.5) is 5.69 Å². The summed E-state index contributed by atoms with van der Waals surface area (Å²) in [5.74, 6) is 1.67. The van der Waals surface area contributed by atoms with Crippen molar-refractivity contribution in [2.75, 3.05) is 31.6 Å². The van der Waals surface area contributed by atoms with Crippen molar-refractivity contribution in [3.8, 4) is 11.5 Å². The molecule has 4 heteroatoms. The van der Waals surface area contributed by atoms with E-state index >= 15 is 0 Å². The van der Waals surface area contributed by atoms with Crippen LogP contribution in [0.5, 0.6) is 11.5 Å². The maximum atomic E-state index is 5.80. The normalized spacial score (nSPS) is 10.5. The highest BCUT2D eigenvalue weighted by Gasteiger charge is 2.06. The number of hydrogen-bond acceptors (Lipinski definition) is 4. The predicted molar refractivity (Wildman–Crippen MR) is 94.0 cm³/mol. The summed E-state index contributed by atoms with van der Waals surface area (Å²) in [5.41, 5.74) is 6.59. The third-order valence-corrected chi connectivity index (χ3v) is 3.33. The first-order valence-corrected chi connectivity index (χ1v) is 8.65. The highest BCUT2D eigenvalue weighted by atomic mass is 16.5. The van der Waals surface area contributed by atoms with E-state index in [2.05, 4.69) is 25.2 Å². The van der Waals surface area contributed by atoms with Crippen LogP contribution in [-0.2, 0) is 0 Å². The van der Waals surface area contributed by atoms with Crippen LogP contribution in [0.1, 0.15) is 52.4 Å². The van der Waals surface area contributed by atoms with E-state index in [-0.39, 0.29) is 0 Å². The number of rotatable bonds is 13. The van der Waals surface area contributed by atoms with Gasteiger partial charge in [-0.15, -0.1) is 0 Å². The summed E-state index contributed by atoms with van der Waals surface area (Å²) in [6.45, 7) is 7.42. The molecule has 0 heterocycles. The molecule has 0 aliphatic heterocycles. The molecule has 3 N–H and O–H groups in total. The number of nitrogens with two attached hydrogens (primary N) is 1. The summed E-state index contributed by atoms with van der Waals surface area (Å²) in [6.07, 6.45) is 6.72. The van der Waals surface area contributed by atoms with Gasteiger partial charge in [-0.1, -0.05) is 26.7 Å². The predicted octanol–water partition coefficient (Wildman–Crippen LogP) is 4.20. The van der Waals surface area contributed by atoms with Crippen molar-refractivity contribution in [1.29, 1.82) is 0 Å². The summed E-state index contributed by atoms with van der Waals surface area (Å²) in [7, 11) is 0. The van der Waals surface area contributed by atoms with Crippen LogP contribution in [0.2, 0.25) is 0 Å². The number of anilines is 1. The molecule has 1 rings (SSSR count). The third-order valence-electron chi connectivity index (χ3n) is 3.33. The molecular formula is C18H32N2O2. The van der Waals surface area contributed by atoms with Crippen LogP contribution < -0.4 is 20.5 Å². The van der Waals surface area contributed by atoms with E-state index in [9.17, 15) is 0 Å². The van der Waals surface area contributed by atoms with E-state index in [1.165, 1.54) is 19.3 Å². The van der Waals surface area contributed by atoms with Crippen molar-refractivity contribution in [1.82, 2.24) is 0 Å². The van der Waals surface area contributed by atoms with E-state index < -0.39 is 0 Å². The maximum Gasteiger partial charge on any atom is 0.163 e. The van der Waals surface area contributed by atoms with E-state index in [0.29, 0.717) is 6.61 Å². The molecule has 0 saturated carbocycles. The van der Waals surface area contributed by atoms with Crippen LogP contribution in [0.3, 0.4) is 0 Å². The lowest BCUT2D eigenvalue weighted by Gasteiger charge is -2.14. The molecule has 0 aliphatic carbocycles. The van der Waals surface area contributed by atoms with Gasteiger partial charge in [0.25, 0.3) is 0 Å². The van der Waals surface area contributed by atoms with E-state index in [1.807, 2.05) is 12.1 Å². The van der Waals surface area contributed by atoms with Crippen LogP contribution in [0, 0.1) is 0 Å². The Morgan fingerprint density at radius 3 is 2.27 bits per heavy atom. The lowest BCUT2D eigenvalue weighted by molar-refractivity contribution is 0.268. The van der Waals surface area contributed by atoms with Crippen LogP contribution >= 0.6 is 0 Å². The fourth-order valence-electron chi connectivity index (χ4n) is 2.13. The molecule has 0 aromatic heterocycles. The standard InChI is InChI=1S/C18H32N2O2/c1-3-13-21-17-10-9-16(15-18(17)22-14-4-2)20-12-8-6-5-7-11-19/h9-10,15,20H,3-8,11-14,19H2,1-2H3. The van der Waals surface area contributed by atoms with Crippen molar-refractivity contribution >= 4 is 5.69 Å². The zero-order chi connectivity index (χ0) is 16.0. The fraction of sp³-hybridized carbons (Fsp3) is 0.667. The number of hydrogen-bond donors (Lipinski definition) is 2. The number of unbranched alkanes of at least 4 members (excludes halogenated alkanes) is 3. The molecule has 1 aromatic carbocycles. The van der Waals surface area contributed by atoms with Crippen LogP contribution in [0.25, 0.3) is 0 Å². The molecule has 0 saturated heterocycles. The van der Waals surface area contributed by atoms with Gasteiger partial charge in [0, 0.05) is 18.3 Å². The molecule has 1 aromatic rings. The molecular weight excluding hydrogens is 276 g/mol. The van der Waals surface area contributed by atoms with Gasteiger partial charge in [0.1, 0.15) is 0 Å². The molecule has 0 fully saturated rings. The van der Waals surface area contributed by atoms with Crippen molar-refractivity contribution < 1.29 is 9.47 Å². The Labute approximate surface area is 135 Å². The minimum atomic E-state index is 0.713. The van der Waals surface area contributed by atoms with Crippen molar-refractivity contribution in [3.63, 3.8) is 0 Å². The zero-order valence-electron chi connectivity index (χ0n) is 14.2. The number of ether oxygens (including phenoxy) is 2. The Hall–Kier alpha value is -1.42. The summed E-state index contributed by atoms with van der Waals surface area (Å²) in [4.78, 5) is 0. The highest BCUT2D eigenvalue weighted by molar-refractivity contribution is 5.54. The summed E-state index contributed by atoms with van der Waals surface area (Å²) < 4.78 is 11.5. The molecule has 126 valence electrons. The second-order valence-electron chi connectivity index (χ2n) is 5.49. The Morgan fingerprint density at radius 2 is 1.59 bits per heavy atom. The molecule has 0 aliphatic rings. The van der Waals surface area contributed by atoms with Gasteiger partial charge < -0.3 is 20.5 Å². The molecule has 0 amide bonds. The first-order valence-electron chi connectivity index (χ1n) is 8.65. The first kappa shape index (κ1) is 18.6. The number of benzene rings is 1. The van der Waals surface area contributed by atoms with Crippen LogP contribution in [-0.4, -0.2) is 26.3 Å². The SMILES string of the molecule is CCCOc1ccc(NCCCCCCN)cc1OCCC.